The van der Waals surface area contributed by atoms with Crippen LogP contribution in [0.25, 0.3) is 0 Å². The van der Waals surface area contributed by atoms with E-state index in [-0.39, 0.29) is 0 Å². The average molecular weight is 256 g/mol. The van der Waals surface area contributed by atoms with Crippen LogP contribution >= 0.6 is 0 Å². The number of ether oxygens (including phenoxy) is 1. The van der Waals surface area contributed by atoms with Gasteiger partial charge in [-0.2, -0.15) is 0 Å². The van der Waals surface area contributed by atoms with Gasteiger partial charge in [0.1, 0.15) is 5.75 Å². The monoisotopic (exact) mass is 256 g/mol. The lowest BCUT2D eigenvalue weighted by atomic mass is 9.96. The van der Waals surface area contributed by atoms with Crippen molar-refractivity contribution in [3.63, 3.8) is 0 Å². The van der Waals surface area contributed by atoms with Gasteiger partial charge in [-0.3, -0.25) is 4.98 Å². The van der Waals surface area contributed by atoms with Crippen molar-refractivity contribution < 1.29 is 9.53 Å². The van der Waals surface area contributed by atoms with Crippen molar-refractivity contribution >= 4 is 6.09 Å². The van der Waals surface area contributed by atoms with Gasteiger partial charge in [0.15, 0.2) is 0 Å². The maximum Gasteiger partial charge on any atom is 0.413 e. The number of hydrogen-bond donors (Lipinski definition) is 1. The van der Waals surface area contributed by atoms with Crippen LogP contribution in [0.15, 0.2) is 54.9 Å². The topological polar surface area (TPSA) is 51.2 Å². The van der Waals surface area contributed by atoms with Crippen LogP contribution < -0.4 is 10.1 Å². The van der Waals surface area contributed by atoms with Crippen LogP contribution in [0.3, 0.4) is 0 Å². The Bertz CT molecular complexity index is 539. The summed E-state index contributed by atoms with van der Waals surface area (Å²) >= 11 is 0. The third kappa shape index (κ3) is 3.55. The molecule has 4 heteroatoms. The number of nitrogens with one attached hydrogen (secondary N) is 1. The fourth-order valence-corrected chi connectivity index (χ4v) is 1.68. The molecular weight excluding hydrogens is 240 g/mol. The fourth-order valence-electron chi connectivity index (χ4n) is 1.68. The Morgan fingerprint density at radius 2 is 1.89 bits per heavy atom. The maximum atomic E-state index is 11.8. The summed E-state index contributed by atoms with van der Waals surface area (Å²) in [5, 5.41) is 2.82. The molecular formula is C15H16N2O2. The normalized spacial score (nSPS) is 10.8. The molecule has 0 atom stereocenters. The third-order valence-electron chi connectivity index (χ3n) is 2.75. The molecule has 0 bridgehead atoms. The highest BCUT2D eigenvalue weighted by molar-refractivity contribution is 5.71. The number of amides is 1. The Morgan fingerprint density at radius 1 is 1.16 bits per heavy atom. The molecule has 1 N–H and O–H groups in total. The number of carbonyl (C=O) groups excluding carboxylic acids is 1. The van der Waals surface area contributed by atoms with E-state index in [2.05, 4.69) is 10.3 Å². The molecule has 0 aliphatic heterocycles. The van der Waals surface area contributed by atoms with E-state index < -0.39 is 11.6 Å². The molecule has 0 saturated heterocycles. The highest BCUT2D eigenvalue weighted by Crippen LogP contribution is 2.19. The van der Waals surface area contributed by atoms with Crippen LogP contribution in [0.5, 0.6) is 5.75 Å². The zero-order valence-electron chi connectivity index (χ0n) is 11.0. The van der Waals surface area contributed by atoms with E-state index in [0.717, 1.165) is 5.56 Å². The Labute approximate surface area is 112 Å². The third-order valence-corrected chi connectivity index (χ3v) is 2.75. The number of carbonyl (C=O) groups is 1. The van der Waals surface area contributed by atoms with E-state index in [0.29, 0.717) is 5.75 Å². The molecule has 4 nitrogen and oxygen atoms in total. The van der Waals surface area contributed by atoms with Crippen molar-refractivity contribution in [1.82, 2.24) is 10.3 Å². The highest BCUT2D eigenvalue weighted by Gasteiger charge is 2.23. The molecule has 0 fully saturated rings. The Kier molecular flexibility index (Phi) is 3.80. The van der Waals surface area contributed by atoms with Crippen molar-refractivity contribution in [1.29, 1.82) is 0 Å². The Morgan fingerprint density at radius 3 is 2.53 bits per heavy atom. The standard InChI is InChI=1S/C15H16N2O2/c1-15(2,12-7-6-10-16-11-12)17-14(18)19-13-8-4-3-5-9-13/h3-11H,1-2H3,(H,17,18). The summed E-state index contributed by atoms with van der Waals surface area (Å²) in [6, 6.07) is 12.7. The summed E-state index contributed by atoms with van der Waals surface area (Å²) in [5.41, 5.74) is 0.375. The van der Waals surface area contributed by atoms with Gasteiger partial charge in [0.05, 0.1) is 5.54 Å². The summed E-state index contributed by atoms with van der Waals surface area (Å²) in [5.74, 6) is 0.516. The maximum absolute atomic E-state index is 11.8. The minimum atomic E-state index is -0.542. The van der Waals surface area contributed by atoms with Gasteiger partial charge in [0.2, 0.25) is 0 Å². The molecule has 0 spiro atoms. The molecule has 0 aliphatic carbocycles. The molecule has 0 radical (unpaired) electrons. The van der Waals surface area contributed by atoms with Gasteiger partial charge in [0, 0.05) is 12.4 Å². The quantitative estimate of drug-likeness (QED) is 0.918. The summed E-state index contributed by atoms with van der Waals surface area (Å²) < 4.78 is 5.20. The number of benzene rings is 1. The lowest BCUT2D eigenvalue weighted by molar-refractivity contribution is 0.188. The molecule has 0 aliphatic rings. The number of pyridine rings is 1. The highest BCUT2D eigenvalue weighted by atomic mass is 16.6. The number of hydrogen-bond acceptors (Lipinski definition) is 3. The zero-order chi connectivity index (χ0) is 13.7. The predicted molar refractivity (Wildman–Crippen MR) is 72.9 cm³/mol. The predicted octanol–water partition coefficient (Wildman–Crippen LogP) is 3.11. The van der Waals surface area contributed by atoms with Gasteiger partial charge >= 0.3 is 6.09 Å². The molecule has 0 saturated carbocycles. The number of nitrogens with zero attached hydrogens (tertiary/aromatic N) is 1. The first-order chi connectivity index (χ1) is 9.08. The molecule has 1 aromatic heterocycles. The molecule has 2 rings (SSSR count). The molecule has 1 aromatic carbocycles. The summed E-state index contributed by atoms with van der Waals surface area (Å²) in [6.45, 7) is 3.80. The van der Waals surface area contributed by atoms with E-state index in [4.69, 9.17) is 4.74 Å². The molecule has 19 heavy (non-hydrogen) atoms. The Balaban J connectivity index is 2.02. The molecule has 98 valence electrons. The molecule has 2 aromatic rings. The minimum absolute atomic E-state index is 0.486. The second kappa shape index (κ2) is 5.52. The zero-order valence-corrected chi connectivity index (χ0v) is 11.0. The second-order valence-corrected chi connectivity index (χ2v) is 4.69. The van der Waals surface area contributed by atoms with E-state index in [1.54, 1.807) is 24.5 Å². The van der Waals surface area contributed by atoms with E-state index in [1.165, 1.54) is 0 Å². The molecule has 1 heterocycles. The summed E-state index contributed by atoms with van der Waals surface area (Å²) in [6.07, 6.45) is 2.94. The van der Waals surface area contributed by atoms with Crippen LogP contribution in [0, 0.1) is 0 Å². The van der Waals surface area contributed by atoms with E-state index in [1.807, 2.05) is 44.2 Å². The fraction of sp³-hybridized carbons (Fsp3) is 0.200. The van der Waals surface area contributed by atoms with Gasteiger partial charge in [0.25, 0.3) is 0 Å². The van der Waals surface area contributed by atoms with E-state index >= 15 is 0 Å². The average Bonchev–Trinajstić information content (AvgIpc) is 2.40. The van der Waals surface area contributed by atoms with Crippen molar-refractivity contribution in [3.8, 4) is 5.75 Å². The van der Waals surface area contributed by atoms with Crippen molar-refractivity contribution in [3.05, 3.63) is 60.4 Å². The smallest absolute Gasteiger partial charge is 0.410 e. The SMILES string of the molecule is CC(C)(NC(=O)Oc1ccccc1)c1cccnc1. The first-order valence-corrected chi connectivity index (χ1v) is 6.03. The van der Waals surface area contributed by atoms with Crippen LogP contribution in [-0.2, 0) is 5.54 Å². The summed E-state index contributed by atoms with van der Waals surface area (Å²) in [4.78, 5) is 15.9. The van der Waals surface area contributed by atoms with Crippen molar-refractivity contribution in [2.45, 2.75) is 19.4 Å². The molecule has 1 amide bonds. The number of aromatic nitrogens is 1. The van der Waals surface area contributed by atoms with Crippen LogP contribution in [-0.4, -0.2) is 11.1 Å². The van der Waals surface area contributed by atoms with Crippen LogP contribution in [0.4, 0.5) is 4.79 Å². The number of rotatable bonds is 3. The van der Waals surface area contributed by atoms with Gasteiger partial charge in [-0.05, 0) is 37.6 Å². The first kappa shape index (κ1) is 13.1. The van der Waals surface area contributed by atoms with Gasteiger partial charge in [-0.1, -0.05) is 24.3 Å². The van der Waals surface area contributed by atoms with Crippen molar-refractivity contribution in [2.75, 3.05) is 0 Å². The van der Waals surface area contributed by atoms with E-state index in [9.17, 15) is 4.79 Å². The molecule has 0 unspecified atom stereocenters. The number of para-hydroxylation sites is 1. The van der Waals surface area contributed by atoms with Gasteiger partial charge in [-0.15, -0.1) is 0 Å². The van der Waals surface area contributed by atoms with Crippen LogP contribution in [0.2, 0.25) is 0 Å². The van der Waals surface area contributed by atoms with Crippen molar-refractivity contribution in [2.24, 2.45) is 0 Å². The summed E-state index contributed by atoms with van der Waals surface area (Å²) in [7, 11) is 0. The lowest BCUT2D eigenvalue weighted by Crippen LogP contribution is -2.42. The van der Waals surface area contributed by atoms with Gasteiger partial charge in [-0.25, -0.2) is 4.79 Å². The lowest BCUT2D eigenvalue weighted by Gasteiger charge is -2.25. The van der Waals surface area contributed by atoms with Gasteiger partial charge < -0.3 is 10.1 Å². The van der Waals surface area contributed by atoms with Crippen LogP contribution in [0.1, 0.15) is 19.4 Å². The largest absolute Gasteiger partial charge is 0.413 e. The second-order valence-electron chi connectivity index (χ2n) is 4.69. The minimum Gasteiger partial charge on any atom is -0.410 e. The first-order valence-electron chi connectivity index (χ1n) is 6.03. The Hall–Kier alpha value is -2.36.